The third kappa shape index (κ3) is 30.2. The highest BCUT2D eigenvalue weighted by Crippen LogP contribution is 2.31. The fourth-order valence-electron chi connectivity index (χ4n) is 2.57. The van der Waals surface area contributed by atoms with Crippen molar-refractivity contribution in [2.75, 3.05) is 13.1 Å². The molecule has 0 aliphatic rings. The van der Waals surface area contributed by atoms with Crippen LogP contribution in [0.4, 0.5) is 0 Å². The Morgan fingerprint density at radius 1 is 0.826 bits per heavy atom. The number of nitrogens with zero attached hydrogens (tertiary/aromatic N) is 1. The van der Waals surface area contributed by atoms with Gasteiger partial charge in [-0.2, -0.15) is 0 Å². The molecule has 0 rings (SSSR count). The summed E-state index contributed by atoms with van der Waals surface area (Å²) in [6.45, 7) is 35.9. The van der Waals surface area contributed by atoms with Gasteiger partial charge in [-0.05, 0) is 52.1 Å². The molecule has 0 heterocycles. The average molecular weight is 332 g/mol. The van der Waals surface area contributed by atoms with E-state index in [9.17, 15) is 0 Å². The van der Waals surface area contributed by atoms with Gasteiger partial charge in [0.2, 0.25) is 0 Å². The second-order valence-corrected chi connectivity index (χ2v) is 6.54. The molecular weight excluding hydrogens is 278 g/mol. The minimum atomic E-state index is 0.336. The Kier molecular flexibility index (Phi) is 35.5. The highest BCUT2D eigenvalue weighted by Gasteiger charge is 2.29. The van der Waals surface area contributed by atoms with E-state index in [4.69, 9.17) is 0 Å². The normalized spacial score (nSPS) is 9.70. The minimum Gasteiger partial charge on any atom is -0.298 e. The summed E-state index contributed by atoms with van der Waals surface area (Å²) in [5, 5.41) is 0. The van der Waals surface area contributed by atoms with Crippen LogP contribution in [0.5, 0.6) is 0 Å². The van der Waals surface area contributed by atoms with Crippen LogP contribution >= 0.6 is 0 Å². The lowest BCUT2D eigenvalue weighted by atomic mass is 9.80. The maximum atomic E-state index is 3.36. The molecule has 0 amide bonds. The Morgan fingerprint density at radius 2 is 1.13 bits per heavy atom. The number of hydrogen-bond donors (Lipinski definition) is 0. The molecular formula is C22H53N. The van der Waals surface area contributed by atoms with Crippen molar-refractivity contribution in [3.05, 3.63) is 12.7 Å². The average Bonchev–Trinajstić information content (AvgIpc) is 2.49. The molecule has 0 aromatic rings. The van der Waals surface area contributed by atoms with Gasteiger partial charge < -0.3 is 0 Å². The first-order chi connectivity index (χ1) is 10.6. The third-order valence-corrected chi connectivity index (χ3v) is 2.69. The van der Waals surface area contributed by atoms with E-state index in [1.54, 1.807) is 6.08 Å². The van der Waals surface area contributed by atoms with Gasteiger partial charge in [-0.15, -0.1) is 6.58 Å². The Bertz CT molecular complexity index is 187. The summed E-state index contributed by atoms with van der Waals surface area (Å²) >= 11 is 0. The van der Waals surface area contributed by atoms with Crippen molar-refractivity contribution < 1.29 is 0 Å². The summed E-state index contributed by atoms with van der Waals surface area (Å²) in [6, 6.07) is 0. The summed E-state index contributed by atoms with van der Waals surface area (Å²) in [4.78, 5) is 2.60. The molecule has 0 aliphatic carbocycles. The molecule has 0 saturated heterocycles. The van der Waals surface area contributed by atoms with E-state index in [2.05, 4.69) is 59.9 Å². The van der Waals surface area contributed by atoms with E-state index >= 15 is 0 Å². The SMILES string of the molecule is C=CC.CC.CC.CC.CCCN(CC)C(C)(C)CC(C)(C)C. The van der Waals surface area contributed by atoms with E-state index in [-0.39, 0.29) is 0 Å². The zero-order valence-corrected chi connectivity index (χ0v) is 19.6. The number of hydrogen-bond acceptors (Lipinski definition) is 1. The van der Waals surface area contributed by atoms with Crippen molar-refractivity contribution in [1.82, 2.24) is 4.90 Å². The zero-order valence-electron chi connectivity index (χ0n) is 19.6. The highest BCUT2D eigenvalue weighted by molar-refractivity contribution is 4.85. The van der Waals surface area contributed by atoms with Crippen molar-refractivity contribution in [2.45, 2.75) is 115 Å². The summed E-state index contributed by atoms with van der Waals surface area (Å²) in [5.74, 6) is 0. The second-order valence-electron chi connectivity index (χ2n) is 6.54. The van der Waals surface area contributed by atoms with E-state index < -0.39 is 0 Å². The van der Waals surface area contributed by atoms with Gasteiger partial charge in [-0.25, -0.2) is 0 Å². The Morgan fingerprint density at radius 3 is 1.30 bits per heavy atom. The van der Waals surface area contributed by atoms with Crippen LogP contribution in [0.2, 0.25) is 0 Å². The molecule has 0 saturated carbocycles. The smallest absolute Gasteiger partial charge is 0.0158 e. The summed E-state index contributed by atoms with van der Waals surface area (Å²) in [5.41, 5.74) is 0.758. The molecule has 1 nitrogen and oxygen atoms in total. The van der Waals surface area contributed by atoms with Crippen LogP contribution in [-0.4, -0.2) is 23.5 Å². The number of rotatable bonds is 5. The molecule has 0 N–H and O–H groups in total. The summed E-state index contributed by atoms with van der Waals surface area (Å²) in [7, 11) is 0. The van der Waals surface area contributed by atoms with Crippen molar-refractivity contribution >= 4 is 0 Å². The van der Waals surface area contributed by atoms with Crippen LogP contribution in [0.15, 0.2) is 12.7 Å². The molecule has 0 radical (unpaired) electrons. The van der Waals surface area contributed by atoms with Gasteiger partial charge in [0.05, 0.1) is 0 Å². The maximum absolute atomic E-state index is 3.36. The Balaban J connectivity index is -0.000000101. The second kappa shape index (κ2) is 24.0. The van der Waals surface area contributed by atoms with Crippen LogP contribution < -0.4 is 0 Å². The van der Waals surface area contributed by atoms with E-state index in [0.29, 0.717) is 11.0 Å². The first kappa shape index (κ1) is 34.1. The Labute approximate surface area is 151 Å². The van der Waals surface area contributed by atoms with Crippen molar-refractivity contribution in [1.29, 1.82) is 0 Å². The summed E-state index contributed by atoms with van der Waals surface area (Å²) < 4.78 is 0. The largest absolute Gasteiger partial charge is 0.298 e. The lowest BCUT2D eigenvalue weighted by Gasteiger charge is -2.42. The first-order valence-corrected chi connectivity index (χ1v) is 9.96. The van der Waals surface area contributed by atoms with Gasteiger partial charge in [0.15, 0.2) is 0 Å². The van der Waals surface area contributed by atoms with Gasteiger partial charge in [-0.1, -0.05) is 82.2 Å². The van der Waals surface area contributed by atoms with E-state index in [0.717, 1.165) is 6.54 Å². The van der Waals surface area contributed by atoms with E-state index in [1.807, 2.05) is 48.5 Å². The summed E-state index contributed by atoms with van der Waals surface area (Å²) in [6.07, 6.45) is 4.26. The lowest BCUT2D eigenvalue weighted by molar-refractivity contribution is 0.0823. The number of allylic oxidation sites excluding steroid dienone is 1. The quantitative estimate of drug-likeness (QED) is 0.459. The fourth-order valence-corrected chi connectivity index (χ4v) is 2.57. The van der Waals surface area contributed by atoms with Crippen LogP contribution in [0.25, 0.3) is 0 Å². The predicted molar refractivity (Wildman–Crippen MR) is 116 cm³/mol. The molecule has 0 bridgehead atoms. The van der Waals surface area contributed by atoms with E-state index in [1.165, 1.54) is 19.4 Å². The predicted octanol–water partition coefficient (Wildman–Crippen LogP) is 8.20. The van der Waals surface area contributed by atoms with Gasteiger partial charge in [0.1, 0.15) is 0 Å². The highest BCUT2D eigenvalue weighted by atomic mass is 15.2. The molecule has 0 aliphatic heterocycles. The molecule has 0 atom stereocenters. The molecule has 0 fully saturated rings. The van der Waals surface area contributed by atoms with Gasteiger partial charge in [0, 0.05) is 5.54 Å². The molecule has 0 aromatic carbocycles. The van der Waals surface area contributed by atoms with Crippen molar-refractivity contribution in [3.8, 4) is 0 Å². The standard InChI is InChI=1S/C13H29N.C3H6.3C2H6/c1-8-10-14(9-2)13(6,7)11-12(3,4)5;1-3-2;3*1-2/h8-11H2,1-7H3;3H,1H2,2H3;3*1-2H3. The lowest BCUT2D eigenvalue weighted by Crippen LogP contribution is -2.46. The molecule has 0 aromatic heterocycles. The molecule has 1 heteroatoms. The zero-order chi connectivity index (χ0) is 20.1. The topological polar surface area (TPSA) is 3.24 Å². The van der Waals surface area contributed by atoms with Crippen molar-refractivity contribution in [3.63, 3.8) is 0 Å². The van der Waals surface area contributed by atoms with Gasteiger partial charge >= 0.3 is 0 Å². The van der Waals surface area contributed by atoms with Gasteiger partial charge in [0.25, 0.3) is 0 Å². The monoisotopic (exact) mass is 331 g/mol. The molecule has 23 heavy (non-hydrogen) atoms. The Hall–Kier alpha value is -0.300. The van der Waals surface area contributed by atoms with Crippen LogP contribution in [0, 0.1) is 5.41 Å². The third-order valence-electron chi connectivity index (χ3n) is 2.69. The molecule has 146 valence electrons. The van der Waals surface area contributed by atoms with Gasteiger partial charge in [-0.3, -0.25) is 4.90 Å². The van der Waals surface area contributed by atoms with Crippen LogP contribution in [0.1, 0.15) is 110 Å². The molecule has 0 spiro atoms. The van der Waals surface area contributed by atoms with Crippen LogP contribution in [0.3, 0.4) is 0 Å². The van der Waals surface area contributed by atoms with Crippen molar-refractivity contribution in [2.24, 2.45) is 5.41 Å². The van der Waals surface area contributed by atoms with Crippen LogP contribution in [-0.2, 0) is 0 Å². The molecule has 0 unspecified atom stereocenters. The maximum Gasteiger partial charge on any atom is 0.0158 e. The fraction of sp³-hybridized carbons (Fsp3) is 0.909. The first-order valence-electron chi connectivity index (χ1n) is 9.96. The minimum absolute atomic E-state index is 0.336.